The smallest absolute Gasteiger partial charge is 0.305 e. The molecule has 5 amide bonds. The van der Waals surface area contributed by atoms with Gasteiger partial charge < -0.3 is 37.1 Å². The Morgan fingerprint density at radius 2 is 1.62 bits per heavy atom. The number of amides is 5. The molecule has 1 aromatic heterocycles. The third kappa shape index (κ3) is 9.90. The fourth-order valence-electron chi connectivity index (χ4n) is 5.96. The maximum Gasteiger partial charge on any atom is 0.305 e. The third-order valence-electron chi connectivity index (χ3n) is 8.61. The molecule has 2 aromatic carbocycles. The average molecular weight is 661 g/mol. The molecule has 0 aliphatic carbocycles. The standard InChI is InChI=1S/C35H44N6O7/c1-35(20-23-21-37-25-15-11-10-14-24(23)25)34(48)40-26(16-8-3-2-4-9-17-29(42)41-35)32(46)39-28(19-30(43)44)33(47)38-27(31(36)45)18-22-12-6-5-7-13-22/h5-7,10-15,21,26-28,37H,2-4,8-9,16-20H2,1H3,(H2,36,45)(H,38,47)(H,39,46)(H,40,48)(H,41,42)(H,43,44)/t26-,27-,28-,35-/m0/s1. The van der Waals surface area contributed by atoms with Gasteiger partial charge in [-0.05, 0) is 37.0 Å². The van der Waals surface area contributed by atoms with Crippen LogP contribution in [0, 0.1) is 0 Å². The van der Waals surface area contributed by atoms with Gasteiger partial charge in [-0.3, -0.25) is 28.8 Å². The molecule has 0 saturated carbocycles. The molecule has 13 heteroatoms. The second-order valence-corrected chi connectivity index (χ2v) is 12.6. The van der Waals surface area contributed by atoms with Crippen LogP contribution in [0.15, 0.2) is 60.8 Å². The molecule has 48 heavy (non-hydrogen) atoms. The molecular weight excluding hydrogens is 616 g/mol. The summed E-state index contributed by atoms with van der Waals surface area (Å²) >= 11 is 0. The lowest BCUT2D eigenvalue weighted by Crippen LogP contribution is -2.62. The minimum absolute atomic E-state index is 0.0645. The van der Waals surface area contributed by atoms with Gasteiger partial charge in [0.2, 0.25) is 29.5 Å². The van der Waals surface area contributed by atoms with Crippen molar-refractivity contribution in [3.05, 3.63) is 71.9 Å². The van der Waals surface area contributed by atoms with Crippen molar-refractivity contribution in [3.63, 3.8) is 0 Å². The van der Waals surface area contributed by atoms with Gasteiger partial charge in [0.25, 0.3) is 0 Å². The summed E-state index contributed by atoms with van der Waals surface area (Å²) in [5, 5.41) is 21.1. The van der Waals surface area contributed by atoms with E-state index in [9.17, 15) is 33.9 Å². The van der Waals surface area contributed by atoms with E-state index in [0.717, 1.165) is 41.3 Å². The highest BCUT2D eigenvalue weighted by atomic mass is 16.4. The molecule has 1 aliphatic rings. The fourth-order valence-corrected chi connectivity index (χ4v) is 5.96. The molecular formula is C35H44N6O7. The minimum Gasteiger partial charge on any atom is -0.481 e. The summed E-state index contributed by atoms with van der Waals surface area (Å²) in [7, 11) is 0. The van der Waals surface area contributed by atoms with Crippen LogP contribution in [0.2, 0.25) is 0 Å². The number of carboxylic acid groups (broad SMARTS) is 1. The number of nitrogens with two attached hydrogens (primary N) is 1. The van der Waals surface area contributed by atoms with Crippen molar-refractivity contribution < 1.29 is 33.9 Å². The summed E-state index contributed by atoms with van der Waals surface area (Å²) in [4.78, 5) is 81.2. The van der Waals surface area contributed by atoms with Crippen LogP contribution in [0.25, 0.3) is 10.9 Å². The lowest BCUT2D eigenvalue weighted by molar-refractivity contribution is -0.141. The molecule has 1 fully saturated rings. The van der Waals surface area contributed by atoms with Gasteiger partial charge in [0.05, 0.1) is 6.42 Å². The first-order chi connectivity index (χ1) is 22.9. The number of aromatic amines is 1. The summed E-state index contributed by atoms with van der Waals surface area (Å²) in [5.41, 5.74) is 6.48. The Hall–Kier alpha value is -5.20. The molecule has 256 valence electrons. The molecule has 0 unspecified atom stereocenters. The zero-order valence-electron chi connectivity index (χ0n) is 27.1. The SMILES string of the molecule is C[C@@]1(Cc2c[nH]c3ccccc23)NC(=O)CCCCCCC[C@@H](C(=O)N[C@@H](CC(=O)O)C(=O)N[C@@H](Cc2ccccc2)C(N)=O)NC1=O. The van der Waals surface area contributed by atoms with E-state index in [2.05, 4.69) is 26.3 Å². The number of benzene rings is 2. The summed E-state index contributed by atoms with van der Waals surface area (Å²) in [6, 6.07) is 12.5. The molecule has 3 aromatic rings. The van der Waals surface area contributed by atoms with Crippen molar-refractivity contribution in [2.45, 2.75) is 94.8 Å². The van der Waals surface area contributed by atoms with E-state index < -0.39 is 59.7 Å². The minimum atomic E-state index is -1.56. The molecule has 1 saturated heterocycles. The summed E-state index contributed by atoms with van der Waals surface area (Å²) in [5.74, 6) is -4.74. The molecule has 2 heterocycles. The zero-order valence-corrected chi connectivity index (χ0v) is 27.1. The molecule has 4 rings (SSSR count). The predicted molar refractivity (Wildman–Crippen MR) is 178 cm³/mol. The topological polar surface area (TPSA) is 213 Å². The van der Waals surface area contributed by atoms with E-state index in [1.54, 1.807) is 43.5 Å². The highest BCUT2D eigenvalue weighted by Gasteiger charge is 2.39. The maximum absolute atomic E-state index is 14.0. The van der Waals surface area contributed by atoms with Crippen molar-refractivity contribution in [3.8, 4) is 0 Å². The molecule has 0 radical (unpaired) electrons. The Bertz CT molecular complexity index is 1620. The molecule has 4 atom stereocenters. The second kappa shape index (κ2) is 16.6. The van der Waals surface area contributed by atoms with Gasteiger partial charge >= 0.3 is 5.97 Å². The van der Waals surface area contributed by atoms with Gasteiger partial charge in [0, 0.05) is 36.4 Å². The monoisotopic (exact) mass is 660 g/mol. The number of carbonyl (C=O) groups excluding carboxylic acids is 5. The van der Waals surface area contributed by atoms with Gasteiger partial charge in [-0.15, -0.1) is 0 Å². The lowest BCUT2D eigenvalue weighted by atomic mass is 9.90. The average Bonchev–Trinajstić information content (AvgIpc) is 3.45. The van der Waals surface area contributed by atoms with E-state index in [0.29, 0.717) is 12.8 Å². The van der Waals surface area contributed by atoms with E-state index >= 15 is 0 Å². The number of nitrogens with one attached hydrogen (secondary N) is 5. The van der Waals surface area contributed by atoms with Gasteiger partial charge in [-0.25, -0.2) is 0 Å². The Morgan fingerprint density at radius 1 is 0.938 bits per heavy atom. The number of para-hydroxylation sites is 1. The lowest BCUT2D eigenvalue weighted by Gasteiger charge is -2.32. The van der Waals surface area contributed by atoms with Gasteiger partial charge in [0.15, 0.2) is 0 Å². The third-order valence-corrected chi connectivity index (χ3v) is 8.61. The number of primary amides is 1. The van der Waals surface area contributed by atoms with E-state index in [-0.39, 0.29) is 31.6 Å². The molecule has 13 nitrogen and oxygen atoms in total. The van der Waals surface area contributed by atoms with Crippen LogP contribution in [0.1, 0.15) is 69.4 Å². The highest BCUT2D eigenvalue weighted by Crippen LogP contribution is 2.24. The Labute approximate surface area is 278 Å². The second-order valence-electron chi connectivity index (χ2n) is 12.6. The Balaban J connectivity index is 1.55. The first-order valence-corrected chi connectivity index (χ1v) is 16.3. The van der Waals surface area contributed by atoms with Crippen LogP contribution in [0.5, 0.6) is 0 Å². The van der Waals surface area contributed by atoms with Crippen LogP contribution in [-0.4, -0.2) is 69.3 Å². The number of carbonyl (C=O) groups is 6. The Morgan fingerprint density at radius 3 is 2.35 bits per heavy atom. The van der Waals surface area contributed by atoms with Crippen LogP contribution in [0.4, 0.5) is 0 Å². The van der Waals surface area contributed by atoms with Crippen LogP contribution < -0.4 is 27.0 Å². The van der Waals surface area contributed by atoms with Crippen molar-refractivity contribution in [1.29, 1.82) is 0 Å². The summed E-state index contributed by atoms with van der Waals surface area (Å²) < 4.78 is 0. The summed E-state index contributed by atoms with van der Waals surface area (Å²) in [6.45, 7) is 1.61. The fraction of sp³-hybridized carbons (Fsp3) is 0.429. The first-order valence-electron chi connectivity index (χ1n) is 16.3. The zero-order chi connectivity index (χ0) is 34.7. The number of aliphatic carboxylic acids is 1. The molecule has 0 spiro atoms. The maximum atomic E-state index is 14.0. The van der Waals surface area contributed by atoms with Gasteiger partial charge in [0.1, 0.15) is 23.7 Å². The highest BCUT2D eigenvalue weighted by molar-refractivity contribution is 5.98. The van der Waals surface area contributed by atoms with Crippen LogP contribution in [-0.2, 0) is 41.6 Å². The van der Waals surface area contributed by atoms with Crippen molar-refractivity contribution in [1.82, 2.24) is 26.3 Å². The molecule has 8 N–H and O–H groups in total. The van der Waals surface area contributed by atoms with E-state index in [1.807, 2.05) is 24.3 Å². The van der Waals surface area contributed by atoms with Gasteiger partial charge in [-0.1, -0.05) is 74.2 Å². The van der Waals surface area contributed by atoms with Crippen molar-refractivity contribution in [2.75, 3.05) is 0 Å². The van der Waals surface area contributed by atoms with E-state index in [1.165, 1.54) is 0 Å². The van der Waals surface area contributed by atoms with Crippen molar-refractivity contribution >= 4 is 46.4 Å². The van der Waals surface area contributed by atoms with Crippen LogP contribution >= 0.6 is 0 Å². The number of rotatable bonds is 11. The largest absolute Gasteiger partial charge is 0.481 e. The number of hydrogen-bond donors (Lipinski definition) is 7. The number of hydrogen-bond acceptors (Lipinski definition) is 6. The number of H-pyrrole nitrogens is 1. The number of carboxylic acids is 1. The van der Waals surface area contributed by atoms with Gasteiger partial charge in [-0.2, -0.15) is 0 Å². The molecule has 0 bridgehead atoms. The Kier molecular flexibility index (Phi) is 12.3. The van der Waals surface area contributed by atoms with Crippen LogP contribution in [0.3, 0.4) is 0 Å². The van der Waals surface area contributed by atoms with Crippen molar-refractivity contribution in [2.24, 2.45) is 5.73 Å². The first kappa shape index (κ1) is 35.7. The number of fused-ring (bicyclic) bond motifs is 1. The normalized spacial score (nSPS) is 20.5. The number of aromatic nitrogens is 1. The predicted octanol–water partition coefficient (Wildman–Crippen LogP) is 1.99. The molecule has 1 aliphatic heterocycles. The summed E-state index contributed by atoms with van der Waals surface area (Å²) in [6.07, 6.45) is 5.26. The quantitative estimate of drug-likeness (QED) is 0.162. The van der Waals surface area contributed by atoms with E-state index in [4.69, 9.17) is 5.73 Å².